The molecule has 0 aliphatic heterocycles. The van der Waals surface area contributed by atoms with E-state index in [9.17, 15) is 0 Å². The smallest absolute Gasteiger partial charge is 0.131 e. The highest BCUT2D eigenvalue weighted by molar-refractivity contribution is 5.56. The lowest BCUT2D eigenvalue weighted by Crippen LogP contribution is -1.93. The van der Waals surface area contributed by atoms with Crippen molar-refractivity contribution < 1.29 is 0 Å². The summed E-state index contributed by atoms with van der Waals surface area (Å²) in [5.41, 5.74) is 2.96. The first kappa shape index (κ1) is 9.46. The third-order valence-electron chi connectivity index (χ3n) is 2.80. The van der Waals surface area contributed by atoms with Crippen molar-refractivity contribution in [1.29, 1.82) is 0 Å². The molecule has 3 rings (SSSR count). The van der Waals surface area contributed by atoms with E-state index in [0.29, 0.717) is 5.92 Å². The molecule has 2 heterocycles. The van der Waals surface area contributed by atoms with E-state index < -0.39 is 0 Å². The molecule has 1 saturated carbocycles. The Bertz CT molecular complexity index is 501. The van der Waals surface area contributed by atoms with Gasteiger partial charge in [0, 0.05) is 29.6 Å². The van der Waals surface area contributed by atoms with Crippen molar-refractivity contribution in [2.24, 2.45) is 0 Å². The molecule has 0 atom stereocenters. The molecular formula is C13H13N3. The lowest BCUT2D eigenvalue weighted by molar-refractivity contribution is 0.927. The van der Waals surface area contributed by atoms with Crippen molar-refractivity contribution in [2.75, 3.05) is 0 Å². The number of pyridine rings is 1. The third-order valence-corrected chi connectivity index (χ3v) is 2.80. The van der Waals surface area contributed by atoms with Gasteiger partial charge in [0.25, 0.3) is 0 Å². The third kappa shape index (κ3) is 1.81. The van der Waals surface area contributed by atoms with E-state index in [4.69, 9.17) is 0 Å². The molecule has 0 spiro atoms. The predicted molar refractivity (Wildman–Crippen MR) is 62.0 cm³/mol. The molecule has 80 valence electrons. The molecular weight excluding hydrogens is 198 g/mol. The Hall–Kier alpha value is -1.77. The Morgan fingerprint density at radius 3 is 2.50 bits per heavy atom. The second-order valence-electron chi connectivity index (χ2n) is 4.27. The Morgan fingerprint density at radius 2 is 1.88 bits per heavy atom. The van der Waals surface area contributed by atoms with Gasteiger partial charge in [-0.05, 0) is 31.9 Å². The largest absolute Gasteiger partial charge is 0.253 e. The van der Waals surface area contributed by atoms with Gasteiger partial charge in [0.05, 0.1) is 5.69 Å². The molecule has 0 N–H and O–H groups in total. The van der Waals surface area contributed by atoms with Crippen LogP contribution in [0.3, 0.4) is 0 Å². The van der Waals surface area contributed by atoms with Gasteiger partial charge in [-0.2, -0.15) is 0 Å². The maximum Gasteiger partial charge on any atom is 0.131 e. The summed E-state index contributed by atoms with van der Waals surface area (Å²) in [6, 6.07) is 5.98. The van der Waals surface area contributed by atoms with Gasteiger partial charge in [-0.3, -0.25) is 4.98 Å². The van der Waals surface area contributed by atoms with Gasteiger partial charge in [-0.25, -0.2) is 9.97 Å². The molecule has 0 amide bonds. The molecule has 0 unspecified atom stereocenters. The van der Waals surface area contributed by atoms with Gasteiger partial charge in [0.2, 0.25) is 0 Å². The first-order chi connectivity index (χ1) is 7.83. The van der Waals surface area contributed by atoms with Crippen LogP contribution in [0.15, 0.2) is 30.6 Å². The van der Waals surface area contributed by atoms with Gasteiger partial charge >= 0.3 is 0 Å². The van der Waals surface area contributed by atoms with Gasteiger partial charge in [-0.1, -0.05) is 6.07 Å². The number of aryl methyl sites for hydroxylation is 1. The molecule has 16 heavy (non-hydrogen) atoms. The molecule has 0 saturated heterocycles. The maximum atomic E-state index is 4.45. The van der Waals surface area contributed by atoms with Crippen LogP contribution in [0.25, 0.3) is 11.3 Å². The second kappa shape index (κ2) is 3.67. The quantitative estimate of drug-likeness (QED) is 0.766. The summed E-state index contributed by atoms with van der Waals surface area (Å²) in [4.78, 5) is 13.2. The number of aromatic nitrogens is 3. The summed E-state index contributed by atoms with van der Waals surface area (Å²) in [6.07, 6.45) is 6.23. The standard InChI is InChI=1S/C13H13N3/c1-9-3-2-4-12(16-9)11-7-14-13(15-8-11)10-5-6-10/h2-4,7-8,10H,5-6H2,1H3. The van der Waals surface area contributed by atoms with Crippen molar-refractivity contribution in [3.63, 3.8) is 0 Å². The minimum Gasteiger partial charge on any atom is -0.253 e. The Kier molecular flexibility index (Phi) is 2.17. The molecule has 3 heteroatoms. The van der Waals surface area contributed by atoms with Crippen molar-refractivity contribution >= 4 is 0 Å². The zero-order valence-electron chi connectivity index (χ0n) is 9.22. The van der Waals surface area contributed by atoms with Crippen LogP contribution in [0.4, 0.5) is 0 Å². The maximum absolute atomic E-state index is 4.45. The molecule has 0 aromatic carbocycles. The number of hydrogen-bond donors (Lipinski definition) is 0. The SMILES string of the molecule is Cc1cccc(-c2cnc(C3CC3)nc2)n1. The average molecular weight is 211 g/mol. The fourth-order valence-electron chi connectivity index (χ4n) is 1.73. The van der Waals surface area contributed by atoms with E-state index in [1.165, 1.54) is 12.8 Å². The topological polar surface area (TPSA) is 38.7 Å². The van der Waals surface area contributed by atoms with Crippen LogP contribution < -0.4 is 0 Å². The van der Waals surface area contributed by atoms with Gasteiger partial charge < -0.3 is 0 Å². The first-order valence-corrected chi connectivity index (χ1v) is 5.59. The molecule has 1 aliphatic carbocycles. The van der Waals surface area contributed by atoms with Crippen LogP contribution in [0, 0.1) is 6.92 Å². The fraction of sp³-hybridized carbons (Fsp3) is 0.308. The molecule has 2 aromatic heterocycles. The van der Waals surface area contributed by atoms with E-state index in [0.717, 1.165) is 22.8 Å². The minimum atomic E-state index is 0.611. The van der Waals surface area contributed by atoms with Gasteiger partial charge in [-0.15, -0.1) is 0 Å². The lowest BCUT2D eigenvalue weighted by atomic mass is 10.2. The predicted octanol–water partition coefficient (Wildman–Crippen LogP) is 2.72. The average Bonchev–Trinajstić information content (AvgIpc) is 3.13. The van der Waals surface area contributed by atoms with Crippen molar-refractivity contribution in [2.45, 2.75) is 25.7 Å². The van der Waals surface area contributed by atoms with Crippen LogP contribution in [0.2, 0.25) is 0 Å². The van der Waals surface area contributed by atoms with Crippen LogP contribution >= 0.6 is 0 Å². The summed E-state index contributed by atoms with van der Waals surface area (Å²) < 4.78 is 0. The normalized spacial score (nSPS) is 15.1. The highest BCUT2D eigenvalue weighted by Gasteiger charge is 2.26. The van der Waals surface area contributed by atoms with Crippen LogP contribution in [0.5, 0.6) is 0 Å². The van der Waals surface area contributed by atoms with Gasteiger partial charge in [0.1, 0.15) is 5.82 Å². The number of nitrogens with zero attached hydrogens (tertiary/aromatic N) is 3. The Labute approximate surface area is 94.6 Å². The summed E-state index contributed by atoms with van der Waals surface area (Å²) in [5, 5.41) is 0. The molecule has 1 aliphatic rings. The van der Waals surface area contributed by atoms with E-state index in [2.05, 4.69) is 15.0 Å². The number of hydrogen-bond acceptors (Lipinski definition) is 3. The zero-order valence-corrected chi connectivity index (χ0v) is 9.22. The molecule has 3 nitrogen and oxygen atoms in total. The van der Waals surface area contributed by atoms with Crippen LogP contribution in [-0.4, -0.2) is 15.0 Å². The fourth-order valence-corrected chi connectivity index (χ4v) is 1.73. The van der Waals surface area contributed by atoms with E-state index in [1.807, 2.05) is 37.5 Å². The molecule has 0 bridgehead atoms. The summed E-state index contributed by atoms with van der Waals surface area (Å²) >= 11 is 0. The van der Waals surface area contributed by atoms with E-state index in [-0.39, 0.29) is 0 Å². The monoisotopic (exact) mass is 211 g/mol. The lowest BCUT2D eigenvalue weighted by Gasteiger charge is -2.02. The van der Waals surface area contributed by atoms with Crippen molar-refractivity contribution in [3.8, 4) is 11.3 Å². The highest BCUT2D eigenvalue weighted by atomic mass is 14.9. The number of rotatable bonds is 2. The Balaban J connectivity index is 1.94. The van der Waals surface area contributed by atoms with Gasteiger partial charge in [0.15, 0.2) is 0 Å². The second-order valence-corrected chi connectivity index (χ2v) is 4.27. The Morgan fingerprint density at radius 1 is 1.12 bits per heavy atom. The van der Waals surface area contributed by atoms with Crippen LogP contribution in [-0.2, 0) is 0 Å². The summed E-state index contributed by atoms with van der Waals surface area (Å²) in [7, 11) is 0. The minimum absolute atomic E-state index is 0.611. The van der Waals surface area contributed by atoms with Crippen molar-refractivity contribution in [1.82, 2.24) is 15.0 Å². The first-order valence-electron chi connectivity index (χ1n) is 5.59. The molecule has 2 aromatic rings. The summed E-state index contributed by atoms with van der Waals surface area (Å²) in [6.45, 7) is 1.99. The molecule has 1 fully saturated rings. The molecule has 0 radical (unpaired) electrons. The summed E-state index contributed by atoms with van der Waals surface area (Å²) in [5.74, 6) is 1.59. The van der Waals surface area contributed by atoms with Crippen LogP contribution in [0.1, 0.15) is 30.3 Å². The zero-order chi connectivity index (χ0) is 11.0. The van der Waals surface area contributed by atoms with E-state index >= 15 is 0 Å². The van der Waals surface area contributed by atoms with E-state index in [1.54, 1.807) is 0 Å². The van der Waals surface area contributed by atoms with Crippen molar-refractivity contribution in [3.05, 3.63) is 42.1 Å². The highest BCUT2D eigenvalue weighted by Crippen LogP contribution is 2.37.